The standard InChI is InChI=1S/C17H20N4O2S/c1-22-16-14(23-7-4-21-5-8-24-9-6-21)3-2-12-10-18-17-13(15(12)16)11-19-20-17/h2-3,10-11H,4-9H2,1H3,(H,18,19,20). The summed E-state index contributed by atoms with van der Waals surface area (Å²) in [5.41, 5.74) is 0.753. The van der Waals surface area contributed by atoms with Crippen LogP contribution >= 0.6 is 11.8 Å². The number of rotatable bonds is 5. The first kappa shape index (κ1) is 15.5. The number of nitrogens with zero attached hydrogens (tertiary/aromatic N) is 3. The molecule has 0 atom stereocenters. The van der Waals surface area contributed by atoms with Crippen molar-refractivity contribution in [1.82, 2.24) is 20.1 Å². The topological polar surface area (TPSA) is 63.3 Å². The Morgan fingerprint density at radius 2 is 2.12 bits per heavy atom. The Kier molecular flexibility index (Phi) is 4.44. The SMILES string of the molecule is COc1c(OCCN2CCSCC2)ccc2cnc3[nH]ncc3c12. The molecule has 2 aromatic heterocycles. The highest BCUT2D eigenvalue weighted by atomic mass is 32.2. The van der Waals surface area contributed by atoms with Gasteiger partial charge < -0.3 is 9.47 Å². The van der Waals surface area contributed by atoms with Gasteiger partial charge in [0.15, 0.2) is 17.1 Å². The van der Waals surface area contributed by atoms with Crippen molar-refractivity contribution in [2.45, 2.75) is 0 Å². The molecule has 0 saturated carbocycles. The van der Waals surface area contributed by atoms with E-state index < -0.39 is 0 Å². The molecule has 0 amide bonds. The van der Waals surface area contributed by atoms with Crippen molar-refractivity contribution in [3.05, 3.63) is 24.5 Å². The van der Waals surface area contributed by atoms with Gasteiger partial charge in [0.2, 0.25) is 0 Å². The van der Waals surface area contributed by atoms with Crippen molar-refractivity contribution >= 4 is 33.6 Å². The minimum atomic E-state index is 0.659. The molecule has 1 aliphatic rings. The molecule has 0 bridgehead atoms. The number of aromatic amines is 1. The van der Waals surface area contributed by atoms with Crippen LogP contribution in [-0.2, 0) is 0 Å². The Bertz CT molecular complexity index is 845. The molecule has 0 unspecified atom stereocenters. The number of methoxy groups -OCH3 is 1. The van der Waals surface area contributed by atoms with E-state index in [2.05, 4.69) is 20.1 Å². The molecular weight excluding hydrogens is 324 g/mol. The largest absolute Gasteiger partial charge is 0.492 e. The van der Waals surface area contributed by atoms with Crippen molar-refractivity contribution in [2.75, 3.05) is 44.9 Å². The number of ether oxygens (including phenoxy) is 2. The number of pyridine rings is 1. The molecule has 0 spiro atoms. The molecule has 6 nitrogen and oxygen atoms in total. The smallest absolute Gasteiger partial charge is 0.169 e. The summed E-state index contributed by atoms with van der Waals surface area (Å²) < 4.78 is 11.7. The van der Waals surface area contributed by atoms with E-state index in [-0.39, 0.29) is 0 Å². The molecule has 126 valence electrons. The average Bonchev–Trinajstić information content (AvgIpc) is 3.11. The van der Waals surface area contributed by atoms with Gasteiger partial charge in [-0.1, -0.05) is 0 Å². The lowest BCUT2D eigenvalue weighted by Gasteiger charge is -2.26. The molecule has 24 heavy (non-hydrogen) atoms. The molecule has 1 aliphatic heterocycles. The predicted octanol–water partition coefficient (Wildman–Crippen LogP) is 2.55. The van der Waals surface area contributed by atoms with Crippen molar-refractivity contribution < 1.29 is 9.47 Å². The number of thioether (sulfide) groups is 1. The van der Waals surface area contributed by atoms with Gasteiger partial charge in [0.1, 0.15) is 6.61 Å². The average molecular weight is 344 g/mol. The molecule has 0 radical (unpaired) electrons. The third kappa shape index (κ3) is 2.89. The first-order valence-corrected chi connectivity index (χ1v) is 9.24. The quantitative estimate of drug-likeness (QED) is 0.767. The van der Waals surface area contributed by atoms with Crippen LogP contribution < -0.4 is 9.47 Å². The summed E-state index contributed by atoms with van der Waals surface area (Å²) in [6.07, 6.45) is 3.61. The molecule has 1 N–H and O–H groups in total. The van der Waals surface area contributed by atoms with E-state index in [1.165, 1.54) is 11.5 Å². The fraction of sp³-hybridized carbons (Fsp3) is 0.412. The number of H-pyrrole nitrogens is 1. The highest BCUT2D eigenvalue weighted by Gasteiger charge is 2.15. The van der Waals surface area contributed by atoms with Crippen LogP contribution in [0.5, 0.6) is 11.5 Å². The zero-order valence-corrected chi connectivity index (χ0v) is 14.4. The number of fused-ring (bicyclic) bond motifs is 3. The Hall–Kier alpha value is -1.99. The number of benzene rings is 1. The van der Waals surface area contributed by atoms with Crippen LogP contribution in [0.3, 0.4) is 0 Å². The third-order valence-electron chi connectivity index (χ3n) is 4.35. The second-order valence-electron chi connectivity index (χ2n) is 5.75. The Morgan fingerprint density at radius 3 is 2.96 bits per heavy atom. The zero-order chi connectivity index (χ0) is 16.4. The monoisotopic (exact) mass is 344 g/mol. The maximum absolute atomic E-state index is 6.04. The van der Waals surface area contributed by atoms with E-state index in [1.807, 2.05) is 30.1 Å². The summed E-state index contributed by atoms with van der Waals surface area (Å²) in [5.74, 6) is 3.94. The second-order valence-corrected chi connectivity index (χ2v) is 6.98. The Labute approximate surface area is 144 Å². The molecule has 3 aromatic rings. The van der Waals surface area contributed by atoms with E-state index in [4.69, 9.17) is 9.47 Å². The number of aromatic nitrogens is 3. The van der Waals surface area contributed by atoms with Crippen molar-refractivity contribution in [3.63, 3.8) is 0 Å². The predicted molar refractivity (Wildman–Crippen MR) is 97.2 cm³/mol. The summed E-state index contributed by atoms with van der Waals surface area (Å²) in [4.78, 5) is 6.82. The molecule has 7 heteroatoms. The second kappa shape index (κ2) is 6.86. The minimum absolute atomic E-state index is 0.659. The van der Waals surface area contributed by atoms with Crippen LogP contribution in [0.1, 0.15) is 0 Å². The highest BCUT2D eigenvalue weighted by molar-refractivity contribution is 7.99. The van der Waals surface area contributed by atoms with Gasteiger partial charge in [-0.25, -0.2) is 4.98 Å². The van der Waals surface area contributed by atoms with Crippen LogP contribution in [0.2, 0.25) is 0 Å². The van der Waals surface area contributed by atoms with Crippen LogP contribution in [0.4, 0.5) is 0 Å². The molecule has 1 aromatic carbocycles. The first-order valence-electron chi connectivity index (χ1n) is 8.08. The van der Waals surface area contributed by atoms with Crippen LogP contribution in [-0.4, -0.2) is 64.9 Å². The van der Waals surface area contributed by atoms with Gasteiger partial charge >= 0.3 is 0 Å². The lowest BCUT2D eigenvalue weighted by Crippen LogP contribution is -2.35. The van der Waals surface area contributed by atoms with E-state index >= 15 is 0 Å². The summed E-state index contributed by atoms with van der Waals surface area (Å²) in [7, 11) is 1.68. The first-order chi connectivity index (χ1) is 11.9. The maximum atomic E-state index is 6.04. The van der Waals surface area contributed by atoms with Gasteiger partial charge in [0.05, 0.1) is 18.7 Å². The molecule has 1 saturated heterocycles. The summed E-state index contributed by atoms with van der Waals surface area (Å²) >= 11 is 2.02. The lowest BCUT2D eigenvalue weighted by atomic mass is 10.1. The summed E-state index contributed by atoms with van der Waals surface area (Å²) in [6.45, 7) is 3.89. The van der Waals surface area contributed by atoms with Crippen molar-refractivity contribution in [3.8, 4) is 11.5 Å². The van der Waals surface area contributed by atoms with E-state index in [0.29, 0.717) is 6.61 Å². The van der Waals surface area contributed by atoms with Gasteiger partial charge in [0.25, 0.3) is 0 Å². The Morgan fingerprint density at radius 1 is 1.25 bits per heavy atom. The summed E-state index contributed by atoms with van der Waals surface area (Å²) in [6, 6.07) is 3.98. The molecule has 0 aliphatic carbocycles. The summed E-state index contributed by atoms with van der Waals surface area (Å²) in [5, 5.41) is 9.94. The lowest BCUT2D eigenvalue weighted by molar-refractivity contribution is 0.217. The minimum Gasteiger partial charge on any atom is -0.492 e. The molecule has 4 rings (SSSR count). The van der Waals surface area contributed by atoms with Gasteiger partial charge in [-0.2, -0.15) is 16.9 Å². The van der Waals surface area contributed by atoms with E-state index in [0.717, 1.165) is 52.9 Å². The van der Waals surface area contributed by atoms with E-state index in [9.17, 15) is 0 Å². The number of nitrogens with one attached hydrogen (secondary N) is 1. The number of hydrogen-bond acceptors (Lipinski definition) is 6. The fourth-order valence-electron chi connectivity index (χ4n) is 3.08. The molecular formula is C17H20N4O2S. The third-order valence-corrected chi connectivity index (χ3v) is 5.29. The number of hydrogen-bond donors (Lipinski definition) is 1. The van der Waals surface area contributed by atoms with Gasteiger partial charge in [-0.05, 0) is 12.1 Å². The van der Waals surface area contributed by atoms with Crippen LogP contribution in [0.25, 0.3) is 21.8 Å². The Balaban J connectivity index is 1.60. The van der Waals surface area contributed by atoms with Crippen LogP contribution in [0.15, 0.2) is 24.5 Å². The highest BCUT2D eigenvalue weighted by Crippen LogP contribution is 2.38. The normalized spacial score (nSPS) is 15.9. The van der Waals surface area contributed by atoms with Gasteiger partial charge in [-0.3, -0.25) is 10.00 Å². The maximum Gasteiger partial charge on any atom is 0.169 e. The van der Waals surface area contributed by atoms with E-state index in [1.54, 1.807) is 13.3 Å². The molecule has 3 heterocycles. The molecule has 1 fully saturated rings. The van der Waals surface area contributed by atoms with Crippen molar-refractivity contribution in [1.29, 1.82) is 0 Å². The van der Waals surface area contributed by atoms with Gasteiger partial charge in [0, 0.05) is 48.1 Å². The van der Waals surface area contributed by atoms with Gasteiger partial charge in [-0.15, -0.1) is 0 Å². The van der Waals surface area contributed by atoms with Crippen LogP contribution in [0, 0.1) is 0 Å². The zero-order valence-electron chi connectivity index (χ0n) is 13.6. The van der Waals surface area contributed by atoms with Crippen molar-refractivity contribution in [2.24, 2.45) is 0 Å². The fourth-order valence-corrected chi connectivity index (χ4v) is 4.06.